The lowest BCUT2D eigenvalue weighted by molar-refractivity contribution is 0.602. The van der Waals surface area contributed by atoms with E-state index in [0.717, 1.165) is 5.52 Å². The Labute approximate surface area is 116 Å². The molecule has 1 nitrogen and oxygen atoms in total. The van der Waals surface area contributed by atoms with Crippen molar-refractivity contribution in [2.24, 2.45) is 0 Å². The average Bonchev–Trinajstić information content (AvgIpc) is 2.79. The van der Waals surface area contributed by atoms with Crippen LogP contribution in [0.15, 0.2) is 48.7 Å². The summed E-state index contributed by atoms with van der Waals surface area (Å²) in [4.78, 5) is 0. The van der Waals surface area contributed by atoms with Crippen molar-refractivity contribution in [1.29, 1.82) is 0 Å². The first-order valence-corrected chi connectivity index (χ1v) is 6.52. The zero-order chi connectivity index (χ0) is 13.4. The van der Waals surface area contributed by atoms with Crippen LogP contribution in [-0.2, 0) is 6.54 Å². The third-order valence-corrected chi connectivity index (χ3v) is 3.78. The maximum Gasteiger partial charge on any atom is 0.129 e. The van der Waals surface area contributed by atoms with E-state index >= 15 is 0 Å². The first kappa shape index (κ1) is 12.2. The number of aryl methyl sites for hydroxylation is 1. The van der Waals surface area contributed by atoms with Crippen molar-refractivity contribution in [3.05, 3.63) is 70.6 Å². The molecule has 19 heavy (non-hydrogen) atoms. The van der Waals surface area contributed by atoms with Gasteiger partial charge in [0.15, 0.2) is 0 Å². The molecule has 0 aliphatic carbocycles. The molecule has 0 amide bonds. The molecule has 2 aromatic carbocycles. The summed E-state index contributed by atoms with van der Waals surface area (Å²) in [5, 5.41) is 1.66. The molecule has 0 radical (unpaired) electrons. The molecule has 0 spiro atoms. The van der Waals surface area contributed by atoms with Gasteiger partial charge in [-0.1, -0.05) is 29.8 Å². The number of nitrogens with zero attached hydrogens (tertiary/aromatic N) is 1. The molecule has 0 atom stereocenters. The summed E-state index contributed by atoms with van der Waals surface area (Å²) >= 11 is 6.08. The second-order valence-electron chi connectivity index (χ2n) is 4.65. The zero-order valence-electron chi connectivity index (χ0n) is 10.5. The van der Waals surface area contributed by atoms with Gasteiger partial charge in [0, 0.05) is 27.7 Å². The molecule has 3 rings (SSSR count). The van der Waals surface area contributed by atoms with E-state index in [1.54, 1.807) is 12.1 Å². The minimum atomic E-state index is -0.262. The van der Waals surface area contributed by atoms with Crippen LogP contribution in [0.5, 0.6) is 0 Å². The highest BCUT2D eigenvalue weighted by Crippen LogP contribution is 2.24. The SMILES string of the molecule is Cc1cccc2c1ccn2Cc1c(F)cccc1Cl. The normalized spacial score (nSPS) is 11.1. The maximum atomic E-state index is 13.8. The van der Waals surface area contributed by atoms with E-state index in [9.17, 15) is 4.39 Å². The minimum absolute atomic E-state index is 0.262. The van der Waals surface area contributed by atoms with Crippen molar-refractivity contribution >= 4 is 22.5 Å². The van der Waals surface area contributed by atoms with Gasteiger partial charge < -0.3 is 4.57 Å². The van der Waals surface area contributed by atoms with Gasteiger partial charge in [-0.2, -0.15) is 0 Å². The lowest BCUT2D eigenvalue weighted by atomic mass is 10.1. The summed E-state index contributed by atoms with van der Waals surface area (Å²) in [7, 11) is 0. The smallest absolute Gasteiger partial charge is 0.129 e. The van der Waals surface area contributed by atoms with E-state index in [0.29, 0.717) is 17.1 Å². The number of benzene rings is 2. The molecule has 1 aromatic heterocycles. The molecule has 0 aliphatic rings. The Kier molecular flexibility index (Phi) is 3.03. The van der Waals surface area contributed by atoms with E-state index in [1.165, 1.54) is 17.0 Å². The van der Waals surface area contributed by atoms with Gasteiger partial charge in [-0.3, -0.25) is 0 Å². The predicted octanol–water partition coefficient (Wildman–Crippen LogP) is 4.79. The predicted molar refractivity (Wildman–Crippen MR) is 77.2 cm³/mol. The third kappa shape index (κ3) is 2.13. The van der Waals surface area contributed by atoms with E-state index in [2.05, 4.69) is 19.1 Å². The standard InChI is InChI=1S/C16H13ClFN/c1-11-4-2-7-16-12(11)8-9-19(16)10-13-14(17)5-3-6-15(13)18/h2-9H,10H2,1H3. The fourth-order valence-corrected chi connectivity index (χ4v) is 2.59. The van der Waals surface area contributed by atoms with Crippen LogP contribution >= 0.6 is 11.6 Å². The first-order valence-electron chi connectivity index (χ1n) is 6.14. The summed E-state index contributed by atoms with van der Waals surface area (Å²) < 4.78 is 15.8. The first-order chi connectivity index (χ1) is 9.16. The number of hydrogen-bond acceptors (Lipinski definition) is 0. The van der Waals surface area contributed by atoms with Gasteiger partial charge >= 0.3 is 0 Å². The molecule has 0 aliphatic heterocycles. The maximum absolute atomic E-state index is 13.8. The van der Waals surface area contributed by atoms with Crippen molar-refractivity contribution in [1.82, 2.24) is 4.57 Å². The highest BCUT2D eigenvalue weighted by molar-refractivity contribution is 6.31. The van der Waals surface area contributed by atoms with Gasteiger partial charge in [-0.15, -0.1) is 0 Å². The Morgan fingerprint density at radius 3 is 2.68 bits per heavy atom. The van der Waals surface area contributed by atoms with E-state index < -0.39 is 0 Å². The molecular weight excluding hydrogens is 261 g/mol. The van der Waals surface area contributed by atoms with Crippen LogP contribution in [-0.4, -0.2) is 4.57 Å². The zero-order valence-corrected chi connectivity index (χ0v) is 11.3. The molecule has 0 N–H and O–H groups in total. The monoisotopic (exact) mass is 273 g/mol. The summed E-state index contributed by atoms with van der Waals surface area (Å²) in [5.74, 6) is -0.262. The van der Waals surface area contributed by atoms with Crippen LogP contribution in [0.2, 0.25) is 5.02 Å². The second kappa shape index (κ2) is 4.71. The van der Waals surface area contributed by atoms with Crippen LogP contribution < -0.4 is 0 Å². The largest absolute Gasteiger partial charge is 0.343 e. The van der Waals surface area contributed by atoms with Gasteiger partial charge in [-0.25, -0.2) is 4.39 Å². The Balaban J connectivity index is 2.09. The van der Waals surface area contributed by atoms with E-state index in [-0.39, 0.29) is 5.82 Å². The average molecular weight is 274 g/mol. The topological polar surface area (TPSA) is 4.93 Å². The molecule has 0 saturated carbocycles. The van der Waals surface area contributed by atoms with E-state index in [1.807, 2.05) is 22.9 Å². The van der Waals surface area contributed by atoms with Crippen molar-refractivity contribution in [2.75, 3.05) is 0 Å². The minimum Gasteiger partial charge on any atom is -0.343 e. The van der Waals surface area contributed by atoms with Gasteiger partial charge in [0.05, 0.1) is 6.54 Å². The lowest BCUT2D eigenvalue weighted by Crippen LogP contribution is -2.01. The Hall–Kier alpha value is -1.80. The fourth-order valence-electron chi connectivity index (χ4n) is 2.37. The number of fused-ring (bicyclic) bond motifs is 1. The van der Waals surface area contributed by atoms with Crippen LogP contribution in [0.25, 0.3) is 10.9 Å². The van der Waals surface area contributed by atoms with Crippen molar-refractivity contribution in [3.8, 4) is 0 Å². The Morgan fingerprint density at radius 2 is 1.89 bits per heavy atom. The number of rotatable bonds is 2. The molecule has 3 aromatic rings. The van der Waals surface area contributed by atoms with Crippen LogP contribution in [0.1, 0.15) is 11.1 Å². The van der Waals surface area contributed by atoms with Crippen LogP contribution in [0, 0.1) is 12.7 Å². The molecule has 0 fully saturated rings. The molecule has 96 valence electrons. The molecule has 1 heterocycles. The molecule has 0 bridgehead atoms. The fraction of sp³-hybridized carbons (Fsp3) is 0.125. The van der Waals surface area contributed by atoms with E-state index in [4.69, 9.17) is 11.6 Å². The van der Waals surface area contributed by atoms with Crippen LogP contribution in [0.3, 0.4) is 0 Å². The van der Waals surface area contributed by atoms with Crippen LogP contribution in [0.4, 0.5) is 4.39 Å². The lowest BCUT2D eigenvalue weighted by Gasteiger charge is -2.09. The van der Waals surface area contributed by atoms with Crippen molar-refractivity contribution in [2.45, 2.75) is 13.5 Å². The Bertz CT molecular complexity index is 725. The van der Waals surface area contributed by atoms with Gasteiger partial charge in [0.25, 0.3) is 0 Å². The Morgan fingerprint density at radius 1 is 1.11 bits per heavy atom. The highest BCUT2D eigenvalue weighted by Gasteiger charge is 2.09. The molecule has 0 saturated heterocycles. The van der Waals surface area contributed by atoms with Gasteiger partial charge in [-0.05, 0) is 36.8 Å². The highest BCUT2D eigenvalue weighted by atomic mass is 35.5. The summed E-state index contributed by atoms with van der Waals surface area (Å²) in [6, 6.07) is 13.0. The number of aromatic nitrogens is 1. The number of hydrogen-bond donors (Lipinski definition) is 0. The van der Waals surface area contributed by atoms with Crippen molar-refractivity contribution in [3.63, 3.8) is 0 Å². The van der Waals surface area contributed by atoms with Crippen molar-refractivity contribution < 1.29 is 4.39 Å². The summed E-state index contributed by atoms with van der Waals surface area (Å²) in [6.45, 7) is 2.52. The van der Waals surface area contributed by atoms with Gasteiger partial charge in [0.1, 0.15) is 5.82 Å². The number of halogens is 2. The summed E-state index contributed by atoms with van der Waals surface area (Å²) in [6.07, 6.45) is 1.97. The van der Waals surface area contributed by atoms with Gasteiger partial charge in [0.2, 0.25) is 0 Å². The quantitative estimate of drug-likeness (QED) is 0.633. The molecular formula is C16H13ClFN. The third-order valence-electron chi connectivity index (χ3n) is 3.42. The molecule has 3 heteroatoms. The molecule has 0 unspecified atom stereocenters. The second-order valence-corrected chi connectivity index (χ2v) is 5.06. The summed E-state index contributed by atoms with van der Waals surface area (Å²) in [5.41, 5.74) is 2.85.